The molecule has 0 N–H and O–H groups in total. The maximum absolute atomic E-state index is 11.2. The molecular formula is C8H5N3O3. The zero-order valence-corrected chi connectivity index (χ0v) is 6.95. The first-order valence-corrected chi connectivity index (χ1v) is 3.80. The molecule has 0 atom stereocenters. The molecule has 6 heteroatoms. The average molecular weight is 191 g/mol. The zero-order chi connectivity index (χ0) is 10.1. The largest absolute Gasteiger partial charge is 0.710 e. The Morgan fingerprint density at radius 3 is 2.93 bits per heavy atom. The fourth-order valence-electron chi connectivity index (χ4n) is 1.18. The van der Waals surface area contributed by atoms with Crippen LogP contribution < -0.4 is 4.73 Å². The van der Waals surface area contributed by atoms with Gasteiger partial charge in [0.2, 0.25) is 0 Å². The average Bonchev–Trinajstić information content (AvgIpc) is 2.18. The van der Waals surface area contributed by atoms with Gasteiger partial charge in [-0.15, -0.1) is 0 Å². The number of non-ortho nitro benzene ring substituents is 1. The Hall–Kier alpha value is -2.24. The normalized spacial score (nSPS) is 10.3. The molecule has 0 aliphatic rings. The van der Waals surface area contributed by atoms with E-state index in [2.05, 4.69) is 4.98 Å². The highest BCUT2D eigenvalue weighted by atomic mass is 16.6. The molecule has 70 valence electrons. The van der Waals surface area contributed by atoms with Gasteiger partial charge in [-0.3, -0.25) is 10.1 Å². The summed E-state index contributed by atoms with van der Waals surface area (Å²) in [6.07, 6.45) is 2.54. The van der Waals surface area contributed by atoms with Crippen LogP contribution in [0.4, 0.5) is 5.69 Å². The molecule has 6 nitrogen and oxygen atoms in total. The molecule has 1 heterocycles. The summed E-state index contributed by atoms with van der Waals surface area (Å²) in [5.41, 5.74) is 0.141. The van der Waals surface area contributed by atoms with E-state index in [4.69, 9.17) is 0 Å². The van der Waals surface area contributed by atoms with Crippen molar-refractivity contribution < 1.29 is 9.65 Å². The first-order chi connectivity index (χ1) is 6.68. The number of nitro groups is 1. The monoisotopic (exact) mass is 191 g/mol. The zero-order valence-electron chi connectivity index (χ0n) is 6.95. The van der Waals surface area contributed by atoms with E-state index in [0.717, 1.165) is 6.33 Å². The molecule has 0 aliphatic heterocycles. The van der Waals surface area contributed by atoms with Gasteiger partial charge in [0.05, 0.1) is 16.4 Å². The second-order valence-corrected chi connectivity index (χ2v) is 2.72. The van der Waals surface area contributed by atoms with Crippen LogP contribution in [0.15, 0.2) is 30.7 Å². The lowest BCUT2D eigenvalue weighted by Crippen LogP contribution is -2.26. The van der Waals surface area contributed by atoms with Gasteiger partial charge in [0, 0.05) is 6.07 Å². The summed E-state index contributed by atoms with van der Waals surface area (Å²) in [7, 11) is 0. The predicted octanol–water partition coefficient (Wildman–Crippen LogP) is 0.776. The lowest BCUT2D eigenvalue weighted by atomic mass is 10.2. The van der Waals surface area contributed by atoms with Crippen LogP contribution in [0.1, 0.15) is 0 Å². The van der Waals surface area contributed by atoms with E-state index in [1.807, 2.05) is 0 Å². The second kappa shape index (κ2) is 2.91. The van der Waals surface area contributed by atoms with Gasteiger partial charge in [0.15, 0.2) is 6.20 Å². The summed E-state index contributed by atoms with van der Waals surface area (Å²) in [4.78, 5) is 13.6. The number of nitrogens with zero attached hydrogens (tertiary/aromatic N) is 3. The Balaban J connectivity index is 2.76. The first kappa shape index (κ1) is 8.36. The van der Waals surface area contributed by atoms with E-state index < -0.39 is 4.92 Å². The molecule has 0 unspecified atom stereocenters. The lowest BCUT2D eigenvalue weighted by Gasteiger charge is -2.02. The fraction of sp³-hybridized carbons (Fsp3) is 0. The summed E-state index contributed by atoms with van der Waals surface area (Å²) < 4.78 is 0.502. The van der Waals surface area contributed by atoms with Crippen LogP contribution in [0.3, 0.4) is 0 Å². The third-order valence-corrected chi connectivity index (χ3v) is 1.85. The van der Waals surface area contributed by atoms with Gasteiger partial charge in [-0.05, 0) is 6.07 Å². The number of nitro benzene ring substituents is 1. The predicted molar refractivity (Wildman–Crippen MR) is 47.4 cm³/mol. The third kappa shape index (κ3) is 1.22. The number of benzene rings is 1. The quantitative estimate of drug-likeness (QED) is 0.288. The summed E-state index contributed by atoms with van der Waals surface area (Å²) in [6, 6.07) is 4.06. The van der Waals surface area contributed by atoms with Gasteiger partial charge >= 0.3 is 0 Å². The van der Waals surface area contributed by atoms with Gasteiger partial charge in [0.25, 0.3) is 12.0 Å². The Kier molecular flexibility index (Phi) is 1.74. The van der Waals surface area contributed by atoms with Crippen LogP contribution in [0.5, 0.6) is 0 Å². The molecule has 0 saturated carbocycles. The molecule has 14 heavy (non-hydrogen) atoms. The molecule has 0 saturated heterocycles. The molecule has 0 fully saturated rings. The van der Waals surface area contributed by atoms with Gasteiger partial charge in [-0.25, -0.2) is 4.73 Å². The summed E-state index contributed by atoms with van der Waals surface area (Å²) in [6.45, 7) is 0. The number of aromatic nitrogens is 2. The minimum absolute atomic E-state index is 0.103. The lowest BCUT2D eigenvalue weighted by molar-refractivity contribution is -0.580. The van der Waals surface area contributed by atoms with Crippen molar-refractivity contribution in [3.05, 3.63) is 46.0 Å². The van der Waals surface area contributed by atoms with Crippen LogP contribution in [-0.2, 0) is 0 Å². The second-order valence-electron chi connectivity index (χ2n) is 2.72. The molecule has 0 spiro atoms. The maximum atomic E-state index is 11.2. The van der Waals surface area contributed by atoms with Crippen molar-refractivity contribution in [2.24, 2.45) is 0 Å². The summed E-state index contributed by atoms with van der Waals surface area (Å²) in [5.74, 6) is 0. The minimum atomic E-state index is -0.542. The standard InChI is InChI=1S/C8H5N3O3/c12-10-5-9-4-6-1-2-7(11(13)14)3-8(6)10/h1-5H. The van der Waals surface area contributed by atoms with Crippen molar-refractivity contribution >= 4 is 16.6 Å². The highest BCUT2D eigenvalue weighted by Gasteiger charge is 2.09. The van der Waals surface area contributed by atoms with E-state index in [9.17, 15) is 15.3 Å². The van der Waals surface area contributed by atoms with Crippen molar-refractivity contribution in [3.8, 4) is 0 Å². The van der Waals surface area contributed by atoms with Crippen molar-refractivity contribution in [1.29, 1.82) is 0 Å². The van der Waals surface area contributed by atoms with E-state index in [1.165, 1.54) is 24.4 Å². The van der Waals surface area contributed by atoms with Crippen molar-refractivity contribution in [2.45, 2.75) is 0 Å². The van der Waals surface area contributed by atoms with Crippen LogP contribution in [0.25, 0.3) is 10.9 Å². The molecule has 0 radical (unpaired) electrons. The summed E-state index contributed by atoms with van der Waals surface area (Å²) in [5, 5.41) is 22.2. The number of fused-ring (bicyclic) bond motifs is 1. The van der Waals surface area contributed by atoms with Crippen LogP contribution >= 0.6 is 0 Å². The topological polar surface area (TPSA) is 83.0 Å². The van der Waals surface area contributed by atoms with E-state index >= 15 is 0 Å². The van der Waals surface area contributed by atoms with Gasteiger partial charge in [-0.2, -0.15) is 0 Å². The highest BCUT2D eigenvalue weighted by molar-refractivity contribution is 5.77. The Labute approximate surface area is 78.2 Å². The Morgan fingerprint density at radius 1 is 1.43 bits per heavy atom. The molecule has 2 aromatic rings. The minimum Gasteiger partial charge on any atom is -0.710 e. The highest BCUT2D eigenvalue weighted by Crippen LogP contribution is 2.16. The summed E-state index contributed by atoms with van der Waals surface area (Å²) >= 11 is 0. The molecule has 0 amide bonds. The molecule has 0 bridgehead atoms. The Bertz CT molecular complexity index is 512. The van der Waals surface area contributed by atoms with E-state index in [-0.39, 0.29) is 11.2 Å². The maximum Gasteiger partial charge on any atom is 0.289 e. The SMILES string of the molecule is O=[N+]([O-])c1ccc2cnc[n+]([O-])c2c1. The van der Waals surface area contributed by atoms with Gasteiger partial charge in [0.1, 0.15) is 5.52 Å². The smallest absolute Gasteiger partial charge is 0.289 e. The van der Waals surface area contributed by atoms with Crippen LogP contribution in [-0.4, -0.2) is 9.91 Å². The molecule has 1 aromatic heterocycles. The van der Waals surface area contributed by atoms with E-state index in [0.29, 0.717) is 10.1 Å². The molecule has 0 aliphatic carbocycles. The number of hydrogen-bond acceptors (Lipinski definition) is 4. The third-order valence-electron chi connectivity index (χ3n) is 1.85. The first-order valence-electron chi connectivity index (χ1n) is 3.80. The molecular weight excluding hydrogens is 186 g/mol. The molecule has 2 rings (SSSR count). The number of rotatable bonds is 1. The van der Waals surface area contributed by atoms with Crippen LogP contribution in [0, 0.1) is 15.3 Å². The van der Waals surface area contributed by atoms with Gasteiger partial charge in [-0.1, -0.05) is 4.98 Å². The van der Waals surface area contributed by atoms with Crippen molar-refractivity contribution in [3.63, 3.8) is 0 Å². The van der Waals surface area contributed by atoms with Gasteiger partial charge < -0.3 is 5.21 Å². The van der Waals surface area contributed by atoms with Crippen molar-refractivity contribution in [1.82, 2.24) is 4.98 Å². The fourth-order valence-corrected chi connectivity index (χ4v) is 1.18. The number of hydrogen-bond donors (Lipinski definition) is 0. The van der Waals surface area contributed by atoms with Crippen LogP contribution in [0.2, 0.25) is 0 Å². The molecule has 1 aromatic carbocycles. The van der Waals surface area contributed by atoms with Crippen molar-refractivity contribution in [2.75, 3.05) is 0 Å². The van der Waals surface area contributed by atoms with E-state index in [1.54, 1.807) is 0 Å². The Morgan fingerprint density at radius 2 is 2.21 bits per heavy atom.